The minimum absolute atomic E-state index is 0.0227. The highest BCUT2D eigenvalue weighted by atomic mass is 32.1. The van der Waals surface area contributed by atoms with E-state index in [1.807, 2.05) is 13.0 Å². The zero-order valence-corrected chi connectivity index (χ0v) is 17.6. The Bertz CT molecular complexity index is 1050. The molecule has 2 aliphatic rings. The van der Waals surface area contributed by atoms with Crippen molar-refractivity contribution in [2.75, 3.05) is 18.0 Å². The van der Waals surface area contributed by atoms with Crippen LogP contribution in [0, 0.1) is 12.7 Å². The Morgan fingerprint density at radius 1 is 1.13 bits per heavy atom. The number of aromatic hydroxyl groups is 1. The normalized spacial score (nSPS) is 19.3. The van der Waals surface area contributed by atoms with Gasteiger partial charge in [0, 0.05) is 42.5 Å². The second-order valence-electron chi connectivity index (χ2n) is 8.10. The lowest BCUT2D eigenvalue weighted by atomic mass is 9.92. The van der Waals surface area contributed by atoms with E-state index in [0.29, 0.717) is 33.8 Å². The number of phenols is 1. The highest BCUT2D eigenvalue weighted by molar-refractivity contribution is 7.15. The molecule has 3 heterocycles. The maximum atomic E-state index is 14.7. The molecule has 6 nitrogen and oxygen atoms in total. The van der Waals surface area contributed by atoms with Crippen LogP contribution in [0.3, 0.4) is 0 Å². The fourth-order valence-corrected chi connectivity index (χ4v) is 4.89. The van der Waals surface area contributed by atoms with Gasteiger partial charge in [-0.1, -0.05) is 6.42 Å². The van der Waals surface area contributed by atoms with Gasteiger partial charge in [0.2, 0.25) is 0 Å². The molecule has 1 aliphatic carbocycles. The maximum absolute atomic E-state index is 14.7. The first kappa shape index (κ1) is 19.4. The molecule has 1 saturated heterocycles. The van der Waals surface area contributed by atoms with Gasteiger partial charge in [-0.05, 0) is 50.5 Å². The second-order valence-corrected chi connectivity index (χ2v) is 9.33. The van der Waals surface area contributed by atoms with E-state index in [9.17, 15) is 9.50 Å². The van der Waals surface area contributed by atoms with E-state index in [1.54, 1.807) is 12.3 Å². The Kier molecular flexibility index (Phi) is 5.12. The lowest BCUT2D eigenvalue weighted by molar-refractivity contribution is 0.311. The van der Waals surface area contributed by atoms with Crippen molar-refractivity contribution < 1.29 is 9.50 Å². The summed E-state index contributed by atoms with van der Waals surface area (Å²) in [6.45, 7) is 3.73. The molecule has 0 radical (unpaired) electrons. The molecule has 3 aromatic rings. The van der Waals surface area contributed by atoms with Crippen molar-refractivity contribution in [1.29, 1.82) is 0 Å². The lowest BCUT2D eigenvalue weighted by Gasteiger charge is -2.29. The molecule has 2 aromatic heterocycles. The van der Waals surface area contributed by atoms with E-state index in [2.05, 4.69) is 25.4 Å². The number of halogens is 1. The quantitative estimate of drug-likeness (QED) is 0.640. The van der Waals surface area contributed by atoms with Crippen molar-refractivity contribution in [2.24, 2.45) is 0 Å². The molecule has 0 unspecified atom stereocenters. The number of hydrogen-bond acceptors (Lipinski definition) is 7. The average molecular weight is 426 g/mol. The third-order valence-corrected chi connectivity index (χ3v) is 6.93. The number of anilines is 1. The molecule has 8 heteroatoms. The van der Waals surface area contributed by atoms with Crippen molar-refractivity contribution in [3.63, 3.8) is 0 Å². The van der Waals surface area contributed by atoms with Gasteiger partial charge in [-0.3, -0.25) is 0 Å². The third kappa shape index (κ3) is 3.77. The van der Waals surface area contributed by atoms with E-state index in [4.69, 9.17) is 0 Å². The lowest BCUT2D eigenvalue weighted by Crippen LogP contribution is -2.43. The van der Waals surface area contributed by atoms with Gasteiger partial charge < -0.3 is 15.3 Å². The van der Waals surface area contributed by atoms with E-state index >= 15 is 0 Å². The molecule has 1 atom stereocenters. The van der Waals surface area contributed by atoms with Crippen molar-refractivity contribution in [3.8, 4) is 27.4 Å². The van der Waals surface area contributed by atoms with Gasteiger partial charge >= 0.3 is 0 Å². The Balaban J connectivity index is 1.32. The van der Waals surface area contributed by atoms with Gasteiger partial charge in [0.1, 0.15) is 11.6 Å². The third-order valence-electron chi connectivity index (χ3n) is 5.99. The predicted molar refractivity (Wildman–Crippen MR) is 116 cm³/mol. The molecule has 0 spiro atoms. The Labute approximate surface area is 178 Å². The molecular weight excluding hydrogens is 401 g/mol. The minimum Gasteiger partial charge on any atom is -0.507 e. The summed E-state index contributed by atoms with van der Waals surface area (Å²) in [5, 5.41) is 23.7. The number of phenolic OH excluding ortho intramolecular Hbond substituents is 1. The summed E-state index contributed by atoms with van der Waals surface area (Å²) in [7, 11) is 0. The van der Waals surface area contributed by atoms with Crippen LogP contribution in [0.2, 0.25) is 0 Å². The number of nitrogens with zero attached hydrogens (tertiary/aromatic N) is 4. The maximum Gasteiger partial charge on any atom is 0.151 e. The monoisotopic (exact) mass is 425 g/mol. The second kappa shape index (κ2) is 7.92. The van der Waals surface area contributed by atoms with Crippen molar-refractivity contribution in [2.45, 2.75) is 44.7 Å². The minimum atomic E-state index is -0.415. The summed E-state index contributed by atoms with van der Waals surface area (Å²) in [6.07, 6.45) is 6.62. The van der Waals surface area contributed by atoms with Gasteiger partial charge in [0.15, 0.2) is 5.82 Å². The summed E-state index contributed by atoms with van der Waals surface area (Å²) < 4.78 is 14.7. The first-order valence-electron chi connectivity index (χ1n) is 10.4. The van der Waals surface area contributed by atoms with Crippen molar-refractivity contribution in [3.05, 3.63) is 41.3 Å². The molecule has 2 N–H and O–H groups in total. The van der Waals surface area contributed by atoms with Crippen molar-refractivity contribution >= 4 is 17.2 Å². The highest BCUT2D eigenvalue weighted by Crippen LogP contribution is 2.37. The van der Waals surface area contributed by atoms with E-state index in [0.717, 1.165) is 30.3 Å². The van der Waals surface area contributed by atoms with Crippen LogP contribution < -0.4 is 10.2 Å². The largest absolute Gasteiger partial charge is 0.507 e. The molecule has 0 amide bonds. The number of thiazole rings is 1. The van der Waals surface area contributed by atoms with E-state index in [1.165, 1.54) is 42.7 Å². The Morgan fingerprint density at radius 2 is 2.00 bits per heavy atom. The van der Waals surface area contributed by atoms with Gasteiger partial charge in [-0.2, -0.15) is 0 Å². The molecule has 5 rings (SSSR count). The summed E-state index contributed by atoms with van der Waals surface area (Å²) in [6, 6.07) is 7.62. The molecule has 2 fully saturated rings. The van der Waals surface area contributed by atoms with Crippen LogP contribution in [-0.2, 0) is 0 Å². The SMILES string of the molecule is Cc1ncc(-c2cc(O)c(-c3ccc(N4CC[C@@H](NC5CCC5)C4)nn3)cc2F)s1. The smallest absolute Gasteiger partial charge is 0.151 e. The van der Waals surface area contributed by atoms with Crippen molar-refractivity contribution in [1.82, 2.24) is 20.5 Å². The number of rotatable bonds is 5. The summed E-state index contributed by atoms with van der Waals surface area (Å²) >= 11 is 1.39. The van der Waals surface area contributed by atoms with Crippen LogP contribution in [-0.4, -0.2) is 45.5 Å². The first-order chi connectivity index (χ1) is 14.6. The molecule has 1 aromatic carbocycles. The summed E-state index contributed by atoms with van der Waals surface area (Å²) in [4.78, 5) is 7.07. The Hall–Kier alpha value is -2.58. The fourth-order valence-electron chi connectivity index (χ4n) is 4.09. The van der Waals surface area contributed by atoms with Crippen LogP contribution in [0.5, 0.6) is 5.75 Å². The Morgan fingerprint density at radius 3 is 2.67 bits per heavy atom. The fraction of sp³-hybridized carbons (Fsp3) is 0.409. The zero-order chi connectivity index (χ0) is 20.7. The molecule has 30 heavy (non-hydrogen) atoms. The van der Waals surface area contributed by atoms with Crippen LogP contribution in [0.15, 0.2) is 30.5 Å². The van der Waals surface area contributed by atoms with Gasteiger partial charge in [-0.15, -0.1) is 21.5 Å². The summed E-state index contributed by atoms with van der Waals surface area (Å²) in [5.74, 6) is 0.376. The van der Waals surface area contributed by atoms with Crippen LogP contribution in [0.1, 0.15) is 30.7 Å². The molecular formula is C22H24FN5OS. The van der Waals surface area contributed by atoms with Crippen LogP contribution in [0.4, 0.5) is 10.2 Å². The van der Waals surface area contributed by atoms with Crippen LogP contribution >= 0.6 is 11.3 Å². The van der Waals surface area contributed by atoms with Gasteiger partial charge in [0.05, 0.1) is 15.6 Å². The number of hydrogen-bond donors (Lipinski definition) is 2. The number of nitrogens with one attached hydrogen (secondary N) is 1. The standard InChI is InChI=1S/C22H24FN5OS/c1-13-24-11-21(30-13)16-10-20(29)17(9-18(16)23)19-5-6-22(27-26-19)28-8-7-15(12-28)25-14-3-2-4-14/h5-6,9-11,14-15,25,29H,2-4,7-8,12H2,1H3/t15-/m1/s1. The van der Waals surface area contributed by atoms with Gasteiger partial charge in [-0.25, -0.2) is 9.37 Å². The summed E-state index contributed by atoms with van der Waals surface area (Å²) in [5.41, 5.74) is 1.13. The molecule has 1 saturated carbocycles. The molecule has 156 valence electrons. The molecule has 1 aliphatic heterocycles. The predicted octanol–water partition coefficient (Wildman–Crippen LogP) is 4.14. The topological polar surface area (TPSA) is 74.2 Å². The number of benzene rings is 1. The number of aryl methyl sites for hydroxylation is 1. The first-order valence-corrected chi connectivity index (χ1v) is 11.2. The van der Waals surface area contributed by atoms with E-state index < -0.39 is 5.82 Å². The highest BCUT2D eigenvalue weighted by Gasteiger charge is 2.28. The van der Waals surface area contributed by atoms with Gasteiger partial charge in [0.25, 0.3) is 0 Å². The molecule has 0 bridgehead atoms. The van der Waals surface area contributed by atoms with Crippen LogP contribution in [0.25, 0.3) is 21.7 Å². The van der Waals surface area contributed by atoms with E-state index in [-0.39, 0.29) is 5.75 Å². The zero-order valence-electron chi connectivity index (χ0n) is 16.8. The average Bonchev–Trinajstić information content (AvgIpc) is 3.35. The number of aromatic nitrogens is 3.